The molecule has 5 nitrogen and oxygen atoms in total. The first-order chi connectivity index (χ1) is 10.5. The van der Waals surface area contributed by atoms with Crippen molar-refractivity contribution in [1.29, 1.82) is 0 Å². The molecule has 3 rings (SSSR count). The molecule has 0 bridgehead atoms. The molecular formula is C16H15N3O2S. The van der Waals surface area contributed by atoms with Gasteiger partial charge < -0.3 is 4.98 Å². The number of fused-ring (bicyclic) bond motifs is 1. The summed E-state index contributed by atoms with van der Waals surface area (Å²) in [7, 11) is -2.12. The van der Waals surface area contributed by atoms with E-state index in [1.807, 2.05) is 24.3 Å². The maximum absolute atomic E-state index is 12.2. The first-order valence-electron chi connectivity index (χ1n) is 6.70. The highest BCUT2D eigenvalue weighted by atomic mass is 32.2. The third kappa shape index (κ3) is 2.43. The number of benzene rings is 2. The van der Waals surface area contributed by atoms with Crippen LogP contribution in [0.3, 0.4) is 0 Å². The van der Waals surface area contributed by atoms with Crippen LogP contribution in [0.25, 0.3) is 28.2 Å². The Morgan fingerprint density at radius 3 is 2.73 bits per heavy atom. The number of hydrogen-bond donors (Lipinski definition) is 2. The van der Waals surface area contributed by atoms with Crippen LogP contribution in [0.2, 0.25) is 0 Å². The molecule has 112 valence electrons. The van der Waals surface area contributed by atoms with Gasteiger partial charge in [-0.2, -0.15) is 0 Å². The van der Waals surface area contributed by atoms with Gasteiger partial charge in [0.05, 0.1) is 15.9 Å². The standard InChI is InChI=1S/C16H15N3O2S/c1-3-16-18-13-9-8-11(10-14(13)19-16)12-6-4-5-7-15(12)22(20,21)17-2/h3-10,17H,1H2,2H3,(H,18,19). The summed E-state index contributed by atoms with van der Waals surface area (Å²) in [4.78, 5) is 7.73. The average molecular weight is 313 g/mol. The summed E-state index contributed by atoms with van der Waals surface area (Å²) < 4.78 is 26.7. The van der Waals surface area contributed by atoms with Gasteiger partial charge in [-0.1, -0.05) is 30.8 Å². The van der Waals surface area contributed by atoms with Crippen molar-refractivity contribution in [2.75, 3.05) is 7.05 Å². The number of nitrogens with one attached hydrogen (secondary N) is 2. The molecule has 0 unspecified atom stereocenters. The van der Waals surface area contributed by atoms with Gasteiger partial charge in [0, 0.05) is 5.56 Å². The summed E-state index contributed by atoms with van der Waals surface area (Å²) in [6, 6.07) is 12.5. The van der Waals surface area contributed by atoms with Gasteiger partial charge in [0.2, 0.25) is 10.0 Å². The zero-order valence-corrected chi connectivity index (χ0v) is 12.8. The molecule has 2 N–H and O–H groups in total. The Kier molecular flexibility index (Phi) is 3.56. The molecule has 0 atom stereocenters. The summed E-state index contributed by atoms with van der Waals surface area (Å²) in [5, 5.41) is 0. The van der Waals surface area contributed by atoms with Crippen LogP contribution >= 0.6 is 0 Å². The average Bonchev–Trinajstić information content (AvgIpc) is 2.97. The Balaban J connectivity index is 2.21. The van der Waals surface area contributed by atoms with Gasteiger partial charge in [-0.05, 0) is 36.9 Å². The van der Waals surface area contributed by atoms with Gasteiger partial charge >= 0.3 is 0 Å². The Labute approximate surface area is 128 Å². The monoisotopic (exact) mass is 313 g/mol. The van der Waals surface area contributed by atoms with E-state index in [0.29, 0.717) is 11.4 Å². The second-order valence-electron chi connectivity index (χ2n) is 4.76. The van der Waals surface area contributed by atoms with Crippen LogP contribution in [0, 0.1) is 0 Å². The predicted molar refractivity (Wildman–Crippen MR) is 87.9 cm³/mol. The highest BCUT2D eigenvalue weighted by Crippen LogP contribution is 2.29. The molecule has 0 aliphatic rings. The zero-order chi connectivity index (χ0) is 15.7. The molecule has 0 aliphatic heterocycles. The molecule has 1 aromatic heterocycles. The van der Waals surface area contributed by atoms with Crippen LogP contribution in [-0.4, -0.2) is 25.4 Å². The molecular weight excluding hydrogens is 298 g/mol. The fourth-order valence-electron chi connectivity index (χ4n) is 2.34. The third-order valence-corrected chi connectivity index (χ3v) is 4.92. The van der Waals surface area contributed by atoms with E-state index in [1.54, 1.807) is 24.3 Å². The number of H-pyrrole nitrogens is 1. The first-order valence-corrected chi connectivity index (χ1v) is 8.18. The maximum Gasteiger partial charge on any atom is 0.240 e. The lowest BCUT2D eigenvalue weighted by molar-refractivity contribution is 0.588. The van der Waals surface area contributed by atoms with E-state index in [-0.39, 0.29) is 4.90 Å². The Hall–Kier alpha value is -2.44. The second kappa shape index (κ2) is 5.40. The molecule has 0 saturated carbocycles. The predicted octanol–water partition coefficient (Wildman–Crippen LogP) is 2.78. The topological polar surface area (TPSA) is 74.8 Å². The van der Waals surface area contributed by atoms with E-state index in [9.17, 15) is 8.42 Å². The highest BCUT2D eigenvalue weighted by molar-refractivity contribution is 7.89. The molecule has 22 heavy (non-hydrogen) atoms. The fraction of sp³-hybridized carbons (Fsp3) is 0.0625. The van der Waals surface area contributed by atoms with E-state index in [2.05, 4.69) is 21.3 Å². The molecule has 1 heterocycles. The van der Waals surface area contributed by atoms with Crippen molar-refractivity contribution in [3.8, 4) is 11.1 Å². The first kappa shape index (κ1) is 14.5. The Bertz CT molecular complexity index is 958. The number of imidazole rings is 1. The second-order valence-corrected chi connectivity index (χ2v) is 6.62. The summed E-state index contributed by atoms with van der Waals surface area (Å²) in [5.41, 5.74) is 3.10. The number of rotatable bonds is 4. The molecule has 0 spiro atoms. The van der Waals surface area contributed by atoms with Gasteiger partial charge in [0.15, 0.2) is 0 Å². The molecule has 0 amide bonds. The SMILES string of the molecule is C=Cc1nc2ccc(-c3ccccc3S(=O)(=O)NC)cc2[nH]1. The van der Waals surface area contributed by atoms with Crippen molar-refractivity contribution < 1.29 is 8.42 Å². The maximum atomic E-state index is 12.2. The molecule has 3 aromatic rings. The Morgan fingerprint density at radius 2 is 2.00 bits per heavy atom. The molecule has 0 fully saturated rings. The van der Waals surface area contributed by atoms with E-state index >= 15 is 0 Å². The van der Waals surface area contributed by atoms with E-state index in [1.165, 1.54) is 7.05 Å². The van der Waals surface area contributed by atoms with Crippen molar-refractivity contribution in [1.82, 2.24) is 14.7 Å². The summed E-state index contributed by atoms with van der Waals surface area (Å²) in [6.45, 7) is 3.68. The van der Waals surface area contributed by atoms with Crippen molar-refractivity contribution in [2.45, 2.75) is 4.90 Å². The number of aromatic nitrogens is 2. The van der Waals surface area contributed by atoms with Crippen LogP contribution in [0.5, 0.6) is 0 Å². The molecule has 0 radical (unpaired) electrons. The minimum atomic E-state index is -3.52. The molecule has 0 saturated heterocycles. The van der Waals surface area contributed by atoms with Crippen LogP contribution in [0.1, 0.15) is 5.82 Å². The molecule has 0 aliphatic carbocycles. The lowest BCUT2D eigenvalue weighted by atomic mass is 10.1. The normalized spacial score (nSPS) is 11.7. The van der Waals surface area contributed by atoms with E-state index in [4.69, 9.17) is 0 Å². The minimum Gasteiger partial charge on any atom is -0.338 e. The fourth-order valence-corrected chi connectivity index (χ4v) is 3.30. The van der Waals surface area contributed by atoms with E-state index in [0.717, 1.165) is 16.6 Å². The van der Waals surface area contributed by atoms with Crippen LogP contribution in [-0.2, 0) is 10.0 Å². The van der Waals surface area contributed by atoms with Crippen molar-refractivity contribution in [2.24, 2.45) is 0 Å². The number of hydrogen-bond acceptors (Lipinski definition) is 3. The van der Waals surface area contributed by atoms with Gasteiger partial charge in [-0.15, -0.1) is 0 Å². The van der Waals surface area contributed by atoms with E-state index < -0.39 is 10.0 Å². The van der Waals surface area contributed by atoms with Crippen LogP contribution in [0.15, 0.2) is 53.9 Å². The summed E-state index contributed by atoms with van der Waals surface area (Å²) in [6.07, 6.45) is 1.64. The largest absolute Gasteiger partial charge is 0.338 e. The summed E-state index contributed by atoms with van der Waals surface area (Å²) in [5.74, 6) is 0.684. The highest BCUT2D eigenvalue weighted by Gasteiger charge is 2.17. The van der Waals surface area contributed by atoms with Crippen molar-refractivity contribution >= 4 is 27.1 Å². The number of aromatic amines is 1. The van der Waals surface area contributed by atoms with Crippen LogP contribution in [0.4, 0.5) is 0 Å². The number of nitrogens with zero attached hydrogens (tertiary/aromatic N) is 1. The summed E-state index contributed by atoms with van der Waals surface area (Å²) >= 11 is 0. The smallest absolute Gasteiger partial charge is 0.240 e. The van der Waals surface area contributed by atoms with Crippen LogP contribution < -0.4 is 4.72 Å². The molecule has 2 aromatic carbocycles. The van der Waals surface area contributed by atoms with Gasteiger partial charge in [-0.25, -0.2) is 18.1 Å². The minimum absolute atomic E-state index is 0.250. The number of sulfonamides is 1. The van der Waals surface area contributed by atoms with Gasteiger partial charge in [0.25, 0.3) is 0 Å². The lowest BCUT2D eigenvalue weighted by Crippen LogP contribution is -2.19. The quantitative estimate of drug-likeness (QED) is 0.777. The Morgan fingerprint density at radius 1 is 1.23 bits per heavy atom. The van der Waals surface area contributed by atoms with Crippen molar-refractivity contribution in [3.05, 3.63) is 54.9 Å². The molecule has 6 heteroatoms. The lowest BCUT2D eigenvalue weighted by Gasteiger charge is -2.09. The van der Waals surface area contributed by atoms with Gasteiger partial charge in [-0.3, -0.25) is 0 Å². The zero-order valence-electron chi connectivity index (χ0n) is 12.0. The van der Waals surface area contributed by atoms with Crippen molar-refractivity contribution in [3.63, 3.8) is 0 Å². The van der Waals surface area contributed by atoms with Gasteiger partial charge in [0.1, 0.15) is 5.82 Å². The third-order valence-electron chi connectivity index (χ3n) is 3.45.